The van der Waals surface area contributed by atoms with Gasteiger partial charge in [0.05, 0.1) is 17.7 Å². The van der Waals surface area contributed by atoms with Crippen LogP contribution in [0.15, 0.2) is 66.7 Å². The van der Waals surface area contributed by atoms with E-state index in [9.17, 15) is 9.90 Å². The van der Waals surface area contributed by atoms with Gasteiger partial charge in [0.2, 0.25) is 5.88 Å². The zero-order chi connectivity index (χ0) is 27.2. The third-order valence-electron chi connectivity index (χ3n) is 7.36. The topological polar surface area (TPSA) is 71.5 Å². The Hall–Kier alpha value is -3.60. The normalized spacial score (nSPS) is 11.6. The van der Waals surface area contributed by atoms with Crippen LogP contribution in [0.4, 0.5) is 5.69 Å². The number of rotatable bonds is 16. The molecule has 1 aromatic heterocycles. The van der Waals surface area contributed by atoms with Crippen molar-refractivity contribution in [3.8, 4) is 5.88 Å². The van der Waals surface area contributed by atoms with Crippen molar-refractivity contribution in [3.63, 3.8) is 0 Å². The number of aryl methyl sites for hydroxylation is 2. The maximum Gasteiger partial charge on any atom is 0.309 e. The maximum atomic E-state index is 11.7. The van der Waals surface area contributed by atoms with E-state index in [0.717, 1.165) is 42.6 Å². The average molecular weight is 515 g/mol. The number of carboxylic acid groups (broad SMARTS) is 1. The highest BCUT2D eigenvalue weighted by Crippen LogP contribution is 2.31. The zero-order valence-corrected chi connectivity index (χ0v) is 23.1. The van der Waals surface area contributed by atoms with Crippen molar-refractivity contribution in [2.75, 3.05) is 18.5 Å². The minimum atomic E-state index is -0.711. The summed E-state index contributed by atoms with van der Waals surface area (Å²) >= 11 is 0. The Labute approximate surface area is 228 Å². The summed E-state index contributed by atoms with van der Waals surface area (Å²) in [5, 5.41) is 13.0. The molecule has 0 unspecified atom stereocenters. The molecule has 0 fully saturated rings. The fraction of sp³-hybridized carbons (Fsp3) is 0.394. The van der Waals surface area contributed by atoms with Gasteiger partial charge in [-0.05, 0) is 85.9 Å². The molecule has 1 heterocycles. The molecular formula is C33H42N2O3. The molecule has 3 rings (SSSR count). The number of hydrogen-bond acceptors (Lipinski definition) is 4. The lowest BCUT2D eigenvalue weighted by molar-refractivity contribution is -0.149. The van der Waals surface area contributed by atoms with E-state index in [-0.39, 0.29) is 0 Å². The van der Waals surface area contributed by atoms with Crippen LogP contribution in [0, 0.1) is 5.41 Å². The third-order valence-corrected chi connectivity index (χ3v) is 7.36. The molecular weight excluding hydrogens is 472 g/mol. The fourth-order valence-corrected chi connectivity index (χ4v) is 4.55. The van der Waals surface area contributed by atoms with Crippen LogP contribution in [0.25, 0.3) is 12.2 Å². The quantitative estimate of drug-likeness (QED) is 0.190. The zero-order valence-electron chi connectivity index (χ0n) is 23.1. The van der Waals surface area contributed by atoms with Crippen molar-refractivity contribution in [1.82, 2.24) is 4.98 Å². The first-order chi connectivity index (χ1) is 18.5. The fourth-order valence-electron chi connectivity index (χ4n) is 4.55. The van der Waals surface area contributed by atoms with Crippen LogP contribution < -0.4 is 10.1 Å². The summed E-state index contributed by atoms with van der Waals surface area (Å²) in [6.45, 7) is 7.35. The van der Waals surface area contributed by atoms with Crippen LogP contribution in [0.2, 0.25) is 0 Å². The second-order valence-corrected chi connectivity index (χ2v) is 9.80. The standard InChI is InChI=1S/C33H42N2O3/c1-4-26-16-18-27(19-17-26)11-7-8-24-38-31-15-10-13-29(35-31)21-20-28-12-9-14-30(25-28)34-23-22-33(5-2,6-3)32(36)37/h9-10,12-21,25,34H,4-8,11,22-24H2,1-3H3,(H,36,37). The lowest BCUT2D eigenvalue weighted by Crippen LogP contribution is -2.31. The third kappa shape index (κ3) is 8.76. The highest BCUT2D eigenvalue weighted by atomic mass is 16.5. The van der Waals surface area contributed by atoms with Gasteiger partial charge >= 0.3 is 5.97 Å². The van der Waals surface area contributed by atoms with Crippen molar-refractivity contribution in [2.24, 2.45) is 5.41 Å². The Bertz CT molecular complexity index is 1170. The van der Waals surface area contributed by atoms with Crippen molar-refractivity contribution < 1.29 is 14.6 Å². The molecule has 2 aromatic carbocycles. The highest BCUT2D eigenvalue weighted by Gasteiger charge is 2.34. The van der Waals surface area contributed by atoms with Crippen LogP contribution in [0.5, 0.6) is 5.88 Å². The molecule has 0 atom stereocenters. The lowest BCUT2D eigenvalue weighted by Gasteiger charge is -2.26. The Morgan fingerprint density at radius 1 is 0.947 bits per heavy atom. The van der Waals surface area contributed by atoms with E-state index in [0.29, 0.717) is 38.3 Å². The van der Waals surface area contributed by atoms with Crippen LogP contribution in [0.3, 0.4) is 0 Å². The molecule has 5 heteroatoms. The Morgan fingerprint density at radius 3 is 2.39 bits per heavy atom. The van der Waals surface area contributed by atoms with Gasteiger partial charge in [0.25, 0.3) is 0 Å². The van der Waals surface area contributed by atoms with E-state index in [1.807, 2.05) is 62.4 Å². The minimum Gasteiger partial charge on any atom is -0.481 e. The summed E-state index contributed by atoms with van der Waals surface area (Å²) in [6, 6.07) is 22.8. The summed E-state index contributed by atoms with van der Waals surface area (Å²) in [6.07, 6.45) is 10.1. The predicted octanol–water partition coefficient (Wildman–Crippen LogP) is 7.91. The van der Waals surface area contributed by atoms with E-state index in [1.165, 1.54) is 11.1 Å². The molecule has 3 aromatic rings. The smallest absolute Gasteiger partial charge is 0.309 e. The number of anilines is 1. The number of unbranched alkanes of at least 4 members (excludes halogenated alkanes) is 1. The number of aliphatic carboxylic acids is 1. The van der Waals surface area contributed by atoms with E-state index in [4.69, 9.17) is 4.74 Å². The van der Waals surface area contributed by atoms with E-state index >= 15 is 0 Å². The summed E-state index contributed by atoms with van der Waals surface area (Å²) in [4.78, 5) is 16.3. The molecule has 0 aliphatic heterocycles. The molecule has 202 valence electrons. The number of aromatic nitrogens is 1. The molecule has 0 aliphatic carbocycles. The number of pyridine rings is 1. The molecule has 5 nitrogen and oxygen atoms in total. The molecule has 0 spiro atoms. The summed E-state index contributed by atoms with van der Waals surface area (Å²) in [5.41, 5.74) is 4.96. The van der Waals surface area contributed by atoms with Gasteiger partial charge in [-0.15, -0.1) is 0 Å². The van der Waals surface area contributed by atoms with Gasteiger partial charge in [-0.2, -0.15) is 0 Å². The number of benzene rings is 2. The van der Waals surface area contributed by atoms with Crippen LogP contribution in [0.1, 0.15) is 75.3 Å². The van der Waals surface area contributed by atoms with Crippen LogP contribution in [-0.2, 0) is 17.6 Å². The SMILES string of the molecule is CCc1ccc(CCCCOc2cccc(C=Cc3cccc(NCCC(CC)(CC)C(=O)O)c3)n2)cc1. The van der Waals surface area contributed by atoms with Crippen molar-refractivity contribution >= 4 is 23.8 Å². The summed E-state index contributed by atoms with van der Waals surface area (Å²) < 4.78 is 5.90. The van der Waals surface area contributed by atoms with Gasteiger partial charge in [0.15, 0.2) is 0 Å². The molecule has 2 N–H and O–H groups in total. The number of carboxylic acids is 1. The van der Waals surface area contributed by atoms with Crippen LogP contribution in [-0.4, -0.2) is 29.2 Å². The van der Waals surface area contributed by atoms with Crippen molar-refractivity contribution in [3.05, 3.63) is 89.1 Å². The number of nitrogens with zero attached hydrogens (tertiary/aromatic N) is 1. The van der Waals surface area contributed by atoms with Gasteiger partial charge in [-0.1, -0.05) is 69.3 Å². The first-order valence-electron chi connectivity index (χ1n) is 13.9. The predicted molar refractivity (Wildman–Crippen MR) is 158 cm³/mol. The molecule has 0 radical (unpaired) electrons. The Kier molecular flexibility index (Phi) is 11.4. The van der Waals surface area contributed by atoms with Crippen molar-refractivity contribution in [2.45, 2.75) is 65.7 Å². The van der Waals surface area contributed by atoms with E-state index in [1.54, 1.807) is 0 Å². The summed E-state index contributed by atoms with van der Waals surface area (Å²) in [5.74, 6) is -0.0686. The maximum absolute atomic E-state index is 11.7. The number of ether oxygens (including phenoxy) is 1. The van der Waals surface area contributed by atoms with Gasteiger partial charge in [-0.3, -0.25) is 4.79 Å². The highest BCUT2D eigenvalue weighted by molar-refractivity contribution is 5.74. The van der Waals surface area contributed by atoms with Crippen molar-refractivity contribution in [1.29, 1.82) is 0 Å². The van der Waals surface area contributed by atoms with Gasteiger partial charge in [0.1, 0.15) is 0 Å². The second-order valence-electron chi connectivity index (χ2n) is 9.80. The largest absolute Gasteiger partial charge is 0.481 e. The molecule has 38 heavy (non-hydrogen) atoms. The molecule has 0 amide bonds. The van der Waals surface area contributed by atoms with Crippen LogP contribution >= 0.6 is 0 Å². The number of hydrogen-bond donors (Lipinski definition) is 2. The Morgan fingerprint density at radius 2 is 1.68 bits per heavy atom. The first-order valence-corrected chi connectivity index (χ1v) is 13.9. The number of nitrogens with one attached hydrogen (secondary N) is 1. The summed E-state index contributed by atoms with van der Waals surface area (Å²) in [7, 11) is 0. The van der Waals surface area contributed by atoms with Gasteiger partial charge in [0, 0.05) is 18.3 Å². The average Bonchev–Trinajstić information content (AvgIpc) is 2.95. The first kappa shape index (κ1) is 29.0. The molecule has 0 saturated carbocycles. The van der Waals surface area contributed by atoms with Gasteiger partial charge in [-0.25, -0.2) is 4.98 Å². The molecule has 0 aliphatic rings. The minimum absolute atomic E-state index is 0.595. The number of carbonyl (C=O) groups is 1. The molecule has 0 saturated heterocycles. The van der Waals surface area contributed by atoms with E-state index in [2.05, 4.69) is 47.6 Å². The van der Waals surface area contributed by atoms with E-state index < -0.39 is 11.4 Å². The molecule has 0 bridgehead atoms. The second kappa shape index (κ2) is 15.0. The monoisotopic (exact) mass is 514 g/mol. The van der Waals surface area contributed by atoms with Gasteiger partial charge < -0.3 is 15.2 Å². The Balaban J connectivity index is 1.46. The lowest BCUT2D eigenvalue weighted by atomic mass is 9.79.